The Morgan fingerprint density at radius 3 is 2.80 bits per heavy atom. The van der Waals surface area contributed by atoms with Crippen molar-refractivity contribution in [1.82, 2.24) is 19.8 Å². The standard InChI is InChI=1S/C17H29FN6O/c1-19-16-15(18)8-20-17(21-16)24-10-13(14(11-24)12-25)9-23-5-3-4-22(2)6-7-23/h8,13-14,25H,3-7,9-12H2,1-2H3,(H,19,20,21)/t13-,14-/m1/s1. The lowest BCUT2D eigenvalue weighted by molar-refractivity contribution is 0.165. The van der Waals surface area contributed by atoms with Crippen molar-refractivity contribution in [2.45, 2.75) is 6.42 Å². The molecule has 0 saturated carbocycles. The molecule has 2 saturated heterocycles. The van der Waals surface area contributed by atoms with E-state index in [1.165, 1.54) is 12.6 Å². The normalized spacial score (nSPS) is 26.0. The van der Waals surface area contributed by atoms with Gasteiger partial charge in [0.15, 0.2) is 11.6 Å². The van der Waals surface area contributed by atoms with Gasteiger partial charge < -0.3 is 25.1 Å². The first kappa shape index (κ1) is 18.3. The summed E-state index contributed by atoms with van der Waals surface area (Å²) in [5.41, 5.74) is 0. The third-order valence-corrected chi connectivity index (χ3v) is 5.37. The molecule has 0 aromatic carbocycles. The molecule has 2 fully saturated rings. The van der Waals surface area contributed by atoms with Crippen molar-refractivity contribution >= 4 is 11.8 Å². The third-order valence-electron chi connectivity index (χ3n) is 5.37. The van der Waals surface area contributed by atoms with Gasteiger partial charge in [0, 0.05) is 52.3 Å². The fourth-order valence-electron chi connectivity index (χ4n) is 3.82. The zero-order valence-electron chi connectivity index (χ0n) is 15.2. The molecule has 0 radical (unpaired) electrons. The number of hydrogen-bond acceptors (Lipinski definition) is 7. The Hall–Kier alpha value is -1.51. The van der Waals surface area contributed by atoms with Gasteiger partial charge in [-0.25, -0.2) is 9.37 Å². The summed E-state index contributed by atoms with van der Waals surface area (Å²) in [7, 11) is 3.82. The van der Waals surface area contributed by atoms with Crippen molar-refractivity contribution in [3.63, 3.8) is 0 Å². The van der Waals surface area contributed by atoms with Gasteiger partial charge in [0.1, 0.15) is 0 Å². The quantitative estimate of drug-likeness (QED) is 0.792. The van der Waals surface area contributed by atoms with Crippen LogP contribution in [0.4, 0.5) is 16.2 Å². The highest BCUT2D eigenvalue weighted by molar-refractivity contribution is 5.42. The van der Waals surface area contributed by atoms with Gasteiger partial charge in [0.25, 0.3) is 0 Å². The van der Waals surface area contributed by atoms with Crippen molar-refractivity contribution in [3.05, 3.63) is 12.0 Å². The monoisotopic (exact) mass is 352 g/mol. The number of halogens is 1. The van der Waals surface area contributed by atoms with Gasteiger partial charge in [-0.15, -0.1) is 0 Å². The minimum Gasteiger partial charge on any atom is -0.396 e. The molecule has 0 aliphatic carbocycles. The molecular weight excluding hydrogens is 323 g/mol. The molecule has 8 heteroatoms. The van der Waals surface area contributed by atoms with E-state index in [-0.39, 0.29) is 18.3 Å². The summed E-state index contributed by atoms with van der Waals surface area (Å²) in [6, 6.07) is 0. The van der Waals surface area contributed by atoms with E-state index in [0.29, 0.717) is 18.4 Å². The highest BCUT2D eigenvalue weighted by atomic mass is 19.1. The van der Waals surface area contributed by atoms with Crippen molar-refractivity contribution in [2.24, 2.45) is 11.8 Å². The second kappa shape index (κ2) is 8.25. The predicted molar refractivity (Wildman–Crippen MR) is 96.4 cm³/mol. The van der Waals surface area contributed by atoms with Crippen LogP contribution in [-0.2, 0) is 0 Å². The summed E-state index contributed by atoms with van der Waals surface area (Å²) in [6.07, 6.45) is 2.39. The van der Waals surface area contributed by atoms with Crippen molar-refractivity contribution < 1.29 is 9.50 Å². The van der Waals surface area contributed by atoms with E-state index in [2.05, 4.69) is 37.0 Å². The Kier molecular flexibility index (Phi) is 6.03. The number of nitrogens with zero attached hydrogens (tertiary/aromatic N) is 5. The van der Waals surface area contributed by atoms with E-state index < -0.39 is 5.82 Å². The molecule has 7 nitrogen and oxygen atoms in total. The van der Waals surface area contributed by atoms with Gasteiger partial charge in [-0.3, -0.25) is 0 Å². The lowest BCUT2D eigenvalue weighted by Gasteiger charge is -2.26. The second-order valence-corrected chi connectivity index (χ2v) is 7.18. The zero-order chi connectivity index (χ0) is 17.8. The summed E-state index contributed by atoms with van der Waals surface area (Å²) in [4.78, 5) is 15.4. The molecule has 3 heterocycles. The van der Waals surface area contributed by atoms with E-state index in [4.69, 9.17) is 0 Å². The molecule has 25 heavy (non-hydrogen) atoms. The molecule has 2 atom stereocenters. The average Bonchev–Trinajstić information content (AvgIpc) is 2.91. The lowest BCUT2D eigenvalue weighted by atomic mass is 9.96. The van der Waals surface area contributed by atoms with Crippen molar-refractivity contribution in [2.75, 3.05) is 76.7 Å². The molecular formula is C17H29FN6O. The number of hydrogen-bond donors (Lipinski definition) is 2. The van der Waals surface area contributed by atoms with E-state index in [9.17, 15) is 9.50 Å². The fourth-order valence-corrected chi connectivity index (χ4v) is 3.82. The van der Waals surface area contributed by atoms with Crippen molar-refractivity contribution in [1.29, 1.82) is 0 Å². The minimum atomic E-state index is -0.450. The second-order valence-electron chi connectivity index (χ2n) is 7.18. The zero-order valence-corrected chi connectivity index (χ0v) is 15.2. The molecule has 0 unspecified atom stereocenters. The van der Waals surface area contributed by atoms with Crippen LogP contribution in [0.2, 0.25) is 0 Å². The van der Waals surface area contributed by atoms with Gasteiger partial charge in [0.05, 0.1) is 6.20 Å². The molecule has 3 rings (SSSR count). The molecule has 2 aliphatic heterocycles. The van der Waals surface area contributed by atoms with Crippen LogP contribution in [0, 0.1) is 17.7 Å². The van der Waals surface area contributed by atoms with Crippen LogP contribution in [0.15, 0.2) is 6.20 Å². The van der Waals surface area contributed by atoms with Crippen LogP contribution in [-0.4, -0.2) is 91.4 Å². The summed E-state index contributed by atoms with van der Waals surface area (Å²) in [5.74, 6) is 0.869. The Bertz CT molecular complexity index is 574. The van der Waals surface area contributed by atoms with Crippen LogP contribution in [0.25, 0.3) is 0 Å². The predicted octanol–water partition coefficient (Wildman–Crippen LogP) is 0.340. The first-order chi connectivity index (χ1) is 12.1. The van der Waals surface area contributed by atoms with Gasteiger partial charge in [-0.2, -0.15) is 4.98 Å². The van der Waals surface area contributed by atoms with Crippen LogP contribution < -0.4 is 10.2 Å². The van der Waals surface area contributed by atoms with Gasteiger partial charge >= 0.3 is 0 Å². The molecule has 1 aromatic heterocycles. The number of likely N-dealkylation sites (N-methyl/N-ethyl adjacent to an activating group) is 1. The Balaban J connectivity index is 1.65. The largest absolute Gasteiger partial charge is 0.396 e. The van der Waals surface area contributed by atoms with E-state index in [1.54, 1.807) is 7.05 Å². The first-order valence-electron chi connectivity index (χ1n) is 9.07. The maximum atomic E-state index is 13.6. The van der Waals surface area contributed by atoms with Crippen molar-refractivity contribution in [3.8, 4) is 0 Å². The number of aliphatic hydroxyl groups is 1. The van der Waals surface area contributed by atoms with Crippen LogP contribution >= 0.6 is 0 Å². The van der Waals surface area contributed by atoms with E-state index >= 15 is 0 Å². The van der Waals surface area contributed by atoms with Gasteiger partial charge in [-0.1, -0.05) is 0 Å². The Morgan fingerprint density at radius 1 is 1.24 bits per heavy atom. The SMILES string of the molecule is CNc1nc(N2C[C@@H](CN3CCCN(C)CC3)[C@@H](CO)C2)ncc1F. The highest BCUT2D eigenvalue weighted by Crippen LogP contribution is 2.28. The summed E-state index contributed by atoms with van der Waals surface area (Å²) >= 11 is 0. The molecule has 0 amide bonds. The smallest absolute Gasteiger partial charge is 0.227 e. The first-order valence-corrected chi connectivity index (χ1v) is 9.07. The minimum absolute atomic E-state index is 0.162. The topological polar surface area (TPSA) is 67.8 Å². The summed E-state index contributed by atoms with van der Waals surface area (Å²) in [5, 5.41) is 12.6. The molecule has 140 valence electrons. The fraction of sp³-hybridized carbons (Fsp3) is 0.765. The number of aromatic nitrogens is 2. The lowest BCUT2D eigenvalue weighted by Crippen LogP contribution is -2.36. The molecule has 2 N–H and O–H groups in total. The van der Waals surface area contributed by atoms with Crippen LogP contribution in [0.3, 0.4) is 0 Å². The number of anilines is 2. The molecule has 1 aromatic rings. The van der Waals surface area contributed by atoms with Crippen LogP contribution in [0.5, 0.6) is 0 Å². The van der Waals surface area contributed by atoms with E-state index in [1.807, 2.05) is 0 Å². The van der Waals surface area contributed by atoms with E-state index in [0.717, 1.165) is 39.3 Å². The molecule has 0 spiro atoms. The number of nitrogens with one attached hydrogen (secondary N) is 1. The number of rotatable bonds is 5. The molecule has 2 aliphatic rings. The maximum Gasteiger partial charge on any atom is 0.227 e. The average molecular weight is 352 g/mol. The third kappa shape index (κ3) is 4.37. The maximum absolute atomic E-state index is 13.6. The highest BCUT2D eigenvalue weighted by Gasteiger charge is 2.35. The van der Waals surface area contributed by atoms with Gasteiger partial charge in [0.2, 0.25) is 5.95 Å². The molecule has 0 bridgehead atoms. The Labute approximate surface area is 148 Å². The summed E-state index contributed by atoms with van der Waals surface area (Å²) in [6.45, 7) is 7.07. The summed E-state index contributed by atoms with van der Waals surface area (Å²) < 4.78 is 13.6. The van der Waals surface area contributed by atoms with Crippen LogP contribution in [0.1, 0.15) is 6.42 Å². The number of aliphatic hydroxyl groups excluding tert-OH is 1. The van der Waals surface area contributed by atoms with Gasteiger partial charge in [-0.05, 0) is 32.5 Å². The Morgan fingerprint density at radius 2 is 2.04 bits per heavy atom.